The number of hydrogen-bond donors (Lipinski definition) is 1. The van der Waals surface area contributed by atoms with Gasteiger partial charge in [-0.25, -0.2) is 0 Å². The van der Waals surface area contributed by atoms with Crippen LogP contribution in [0.4, 0.5) is 0 Å². The van der Waals surface area contributed by atoms with Crippen molar-refractivity contribution >= 4 is 5.97 Å². The third kappa shape index (κ3) is 4.49. The molecule has 0 amide bonds. The van der Waals surface area contributed by atoms with Crippen LogP contribution in [0.15, 0.2) is 0 Å². The predicted molar refractivity (Wildman–Crippen MR) is 64.4 cm³/mol. The van der Waals surface area contributed by atoms with Crippen LogP contribution in [0.25, 0.3) is 0 Å². The Kier molecular flexibility index (Phi) is 4.74. The van der Waals surface area contributed by atoms with Crippen molar-refractivity contribution in [3.63, 3.8) is 0 Å². The zero-order valence-corrected chi connectivity index (χ0v) is 10.9. The lowest BCUT2D eigenvalue weighted by Gasteiger charge is -2.26. The molecule has 1 fully saturated rings. The molecule has 1 heterocycles. The number of carbonyl (C=O) groups excluding carboxylic acids is 1. The summed E-state index contributed by atoms with van der Waals surface area (Å²) in [7, 11) is 1.95. The number of carbonyl (C=O) groups is 1. The summed E-state index contributed by atoms with van der Waals surface area (Å²) in [6, 6.07) is 0.484. The third-order valence-corrected chi connectivity index (χ3v) is 2.69. The van der Waals surface area contributed by atoms with E-state index < -0.39 is 0 Å². The Morgan fingerprint density at radius 2 is 2.19 bits per heavy atom. The number of nitrogens with one attached hydrogen (secondary N) is 1. The van der Waals surface area contributed by atoms with Crippen molar-refractivity contribution < 1.29 is 9.53 Å². The minimum absolute atomic E-state index is 0.115. The van der Waals surface area contributed by atoms with E-state index in [9.17, 15) is 4.79 Å². The lowest BCUT2D eigenvalue weighted by molar-refractivity contribution is -0.156. The van der Waals surface area contributed by atoms with E-state index >= 15 is 0 Å². The standard InChI is InChI=1S/C12H24N2O2/c1-12(2,3)16-11(15)9-14-7-5-6-10(14)8-13-4/h10,13H,5-9H2,1-4H3. The Hall–Kier alpha value is -0.610. The van der Waals surface area contributed by atoms with Crippen LogP contribution >= 0.6 is 0 Å². The van der Waals surface area contributed by atoms with Crippen molar-refractivity contribution in [3.8, 4) is 0 Å². The molecular formula is C12H24N2O2. The second kappa shape index (κ2) is 5.64. The van der Waals surface area contributed by atoms with Gasteiger partial charge in [-0.15, -0.1) is 0 Å². The highest BCUT2D eigenvalue weighted by molar-refractivity contribution is 5.72. The van der Waals surface area contributed by atoms with Crippen molar-refractivity contribution in [2.24, 2.45) is 0 Å². The Morgan fingerprint density at radius 1 is 1.50 bits per heavy atom. The van der Waals surface area contributed by atoms with Crippen LogP contribution in [-0.4, -0.2) is 49.2 Å². The molecule has 1 aliphatic rings. The largest absolute Gasteiger partial charge is 0.459 e. The lowest BCUT2D eigenvalue weighted by Crippen LogP contribution is -2.41. The molecule has 1 atom stereocenters. The number of hydrogen-bond acceptors (Lipinski definition) is 4. The van der Waals surface area contributed by atoms with Gasteiger partial charge in [0.05, 0.1) is 6.54 Å². The van der Waals surface area contributed by atoms with Gasteiger partial charge in [-0.3, -0.25) is 9.69 Å². The first kappa shape index (κ1) is 13.5. The molecule has 0 saturated carbocycles. The molecule has 94 valence electrons. The normalized spacial score (nSPS) is 22.4. The van der Waals surface area contributed by atoms with Gasteiger partial charge in [0.1, 0.15) is 5.60 Å². The van der Waals surface area contributed by atoms with Gasteiger partial charge < -0.3 is 10.1 Å². The van der Waals surface area contributed by atoms with E-state index in [1.807, 2.05) is 27.8 Å². The summed E-state index contributed by atoms with van der Waals surface area (Å²) in [6.45, 7) is 8.08. The van der Waals surface area contributed by atoms with Gasteiger partial charge >= 0.3 is 5.97 Å². The van der Waals surface area contributed by atoms with Crippen molar-refractivity contribution in [2.75, 3.05) is 26.7 Å². The molecule has 1 aliphatic heterocycles. The van der Waals surface area contributed by atoms with Crippen LogP contribution in [0.1, 0.15) is 33.6 Å². The number of esters is 1. The average molecular weight is 228 g/mol. The molecular weight excluding hydrogens is 204 g/mol. The first-order valence-corrected chi connectivity index (χ1v) is 6.03. The molecule has 4 heteroatoms. The van der Waals surface area contributed by atoms with Crippen LogP contribution in [0, 0.1) is 0 Å². The molecule has 0 aromatic carbocycles. The highest BCUT2D eigenvalue weighted by Gasteiger charge is 2.27. The Labute approximate surface area is 98.3 Å². The monoisotopic (exact) mass is 228 g/mol. The van der Waals surface area contributed by atoms with Crippen LogP contribution in [0.2, 0.25) is 0 Å². The Bertz CT molecular complexity index is 236. The Balaban J connectivity index is 2.38. The van der Waals surface area contributed by atoms with Gasteiger partial charge in [0, 0.05) is 12.6 Å². The summed E-state index contributed by atoms with van der Waals surface area (Å²) in [6.07, 6.45) is 2.35. The van der Waals surface area contributed by atoms with Crippen LogP contribution in [-0.2, 0) is 9.53 Å². The summed E-state index contributed by atoms with van der Waals surface area (Å²) < 4.78 is 5.33. The molecule has 0 aromatic heterocycles. The number of nitrogens with zero attached hydrogens (tertiary/aromatic N) is 1. The summed E-state index contributed by atoms with van der Waals surface area (Å²) in [5.41, 5.74) is -0.380. The molecule has 0 aromatic rings. The van der Waals surface area contributed by atoms with Crippen molar-refractivity contribution in [2.45, 2.75) is 45.3 Å². The maximum absolute atomic E-state index is 11.7. The topological polar surface area (TPSA) is 41.6 Å². The highest BCUT2D eigenvalue weighted by atomic mass is 16.6. The van der Waals surface area contributed by atoms with Crippen LogP contribution in [0.5, 0.6) is 0 Å². The number of rotatable bonds is 4. The molecule has 1 rings (SSSR count). The van der Waals surface area contributed by atoms with E-state index in [1.54, 1.807) is 0 Å². The summed E-state index contributed by atoms with van der Waals surface area (Å²) in [4.78, 5) is 13.9. The van der Waals surface area contributed by atoms with E-state index in [1.165, 1.54) is 12.8 Å². The minimum atomic E-state index is -0.380. The van der Waals surface area contributed by atoms with E-state index in [4.69, 9.17) is 4.74 Å². The quantitative estimate of drug-likeness (QED) is 0.729. The maximum atomic E-state index is 11.7. The fraction of sp³-hybridized carbons (Fsp3) is 0.917. The van der Waals surface area contributed by atoms with Crippen molar-refractivity contribution in [3.05, 3.63) is 0 Å². The average Bonchev–Trinajstić information content (AvgIpc) is 2.50. The second-order valence-electron chi connectivity index (χ2n) is 5.41. The zero-order chi connectivity index (χ0) is 12.2. The number of ether oxygens (including phenoxy) is 1. The highest BCUT2D eigenvalue weighted by Crippen LogP contribution is 2.17. The molecule has 1 N–H and O–H groups in total. The molecule has 1 saturated heterocycles. The van der Waals surface area contributed by atoms with E-state index in [2.05, 4.69) is 10.2 Å². The first-order valence-electron chi connectivity index (χ1n) is 6.03. The van der Waals surface area contributed by atoms with E-state index in [0.717, 1.165) is 13.1 Å². The van der Waals surface area contributed by atoms with Gasteiger partial charge in [-0.2, -0.15) is 0 Å². The fourth-order valence-electron chi connectivity index (χ4n) is 2.11. The smallest absolute Gasteiger partial charge is 0.320 e. The fourth-order valence-corrected chi connectivity index (χ4v) is 2.11. The van der Waals surface area contributed by atoms with Gasteiger partial charge in [0.15, 0.2) is 0 Å². The summed E-state index contributed by atoms with van der Waals surface area (Å²) >= 11 is 0. The molecule has 1 unspecified atom stereocenters. The third-order valence-electron chi connectivity index (χ3n) is 2.69. The maximum Gasteiger partial charge on any atom is 0.320 e. The number of likely N-dealkylation sites (tertiary alicyclic amines) is 1. The van der Waals surface area contributed by atoms with Crippen molar-refractivity contribution in [1.82, 2.24) is 10.2 Å². The van der Waals surface area contributed by atoms with Crippen LogP contribution in [0.3, 0.4) is 0 Å². The first-order chi connectivity index (χ1) is 7.42. The van der Waals surface area contributed by atoms with Gasteiger partial charge in [0.25, 0.3) is 0 Å². The summed E-state index contributed by atoms with van der Waals surface area (Å²) in [5, 5.41) is 3.17. The minimum Gasteiger partial charge on any atom is -0.459 e. The number of likely N-dealkylation sites (N-methyl/N-ethyl adjacent to an activating group) is 1. The molecule has 0 spiro atoms. The summed E-state index contributed by atoms with van der Waals surface area (Å²) in [5.74, 6) is -0.115. The van der Waals surface area contributed by atoms with E-state index in [-0.39, 0.29) is 11.6 Å². The molecule has 4 nitrogen and oxygen atoms in total. The van der Waals surface area contributed by atoms with E-state index in [0.29, 0.717) is 12.6 Å². The van der Waals surface area contributed by atoms with Gasteiger partial charge in [0.2, 0.25) is 0 Å². The van der Waals surface area contributed by atoms with Crippen molar-refractivity contribution in [1.29, 1.82) is 0 Å². The molecule has 16 heavy (non-hydrogen) atoms. The Morgan fingerprint density at radius 3 is 2.75 bits per heavy atom. The second-order valence-corrected chi connectivity index (χ2v) is 5.41. The SMILES string of the molecule is CNCC1CCCN1CC(=O)OC(C)(C)C. The predicted octanol–water partition coefficient (Wildman–Crippen LogP) is 1.01. The molecule has 0 bridgehead atoms. The molecule has 0 radical (unpaired) electrons. The van der Waals surface area contributed by atoms with Crippen LogP contribution < -0.4 is 5.32 Å². The lowest BCUT2D eigenvalue weighted by atomic mass is 10.2. The van der Waals surface area contributed by atoms with Gasteiger partial charge in [-0.1, -0.05) is 0 Å². The van der Waals surface area contributed by atoms with Gasteiger partial charge in [-0.05, 0) is 47.2 Å². The molecule has 0 aliphatic carbocycles. The zero-order valence-electron chi connectivity index (χ0n) is 10.9.